The smallest absolute Gasteiger partial charge is 0.188 e. The van der Waals surface area contributed by atoms with Crippen molar-refractivity contribution in [3.05, 3.63) is 0 Å². The van der Waals surface area contributed by atoms with E-state index in [4.69, 9.17) is 5.73 Å². The van der Waals surface area contributed by atoms with Crippen molar-refractivity contribution in [3.8, 4) is 0 Å². The third-order valence-electron chi connectivity index (χ3n) is 4.37. The van der Waals surface area contributed by atoms with Gasteiger partial charge in [0.15, 0.2) is 5.96 Å². The van der Waals surface area contributed by atoms with Gasteiger partial charge in [0.05, 0.1) is 11.3 Å². The van der Waals surface area contributed by atoms with Crippen molar-refractivity contribution in [2.75, 3.05) is 12.8 Å². The van der Waals surface area contributed by atoms with Gasteiger partial charge in [-0.25, -0.2) is 0 Å². The zero-order valence-electron chi connectivity index (χ0n) is 11.3. The van der Waals surface area contributed by atoms with Crippen LogP contribution in [0.5, 0.6) is 0 Å². The van der Waals surface area contributed by atoms with Crippen LogP contribution in [0, 0.1) is 0 Å². The largest absolute Gasteiger partial charge is 0.370 e. The van der Waals surface area contributed by atoms with E-state index in [0.29, 0.717) is 18.5 Å². The molecule has 2 fully saturated rings. The molecule has 0 aromatic rings. The number of hydrogen-bond acceptors (Lipinski definition) is 2. The Hall–Kier alpha value is -0.580. The lowest BCUT2D eigenvalue weighted by Gasteiger charge is -2.38. The molecule has 2 aliphatic rings. The second-order valence-electron chi connectivity index (χ2n) is 5.67. The summed E-state index contributed by atoms with van der Waals surface area (Å²) in [6.07, 6.45) is 11.3. The minimum absolute atomic E-state index is 0.0845. The van der Waals surface area contributed by atoms with Crippen molar-refractivity contribution in [1.82, 2.24) is 5.32 Å². The average molecular weight is 271 g/mol. The summed E-state index contributed by atoms with van der Waals surface area (Å²) in [5.74, 6) is 0.540. The van der Waals surface area contributed by atoms with Crippen LogP contribution in [0.2, 0.25) is 0 Å². The summed E-state index contributed by atoms with van der Waals surface area (Å²) in [5.41, 5.74) is 5.93. The van der Waals surface area contributed by atoms with Gasteiger partial charge < -0.3 is 11.1 Å². The molecule has 0 saturated heterocycles. The van der Waals surface area contributed by atoms with Crippen molar-refractivity contribution in [3.63, 3.8) is 0 Å². The van der Waals surface area contributed by atoms with Gasteiger partial charge in [-0.15, -0.1) is 0 Å². The van der Waals surface area contributed by atoms with Crippen molar-refractivity contribution in [2.24, 2.45) is 10.7 Å². The van der Waals surface area contributed by atoms with Crippen LogP contribution in [0.15, 0.2) is 4.99 Å². The van der Waals surface area contributed by atoms with Crippen LogP contribution in [0.25, 0.3) is 0 Å². The first-order valence-corrected chi connectivity index (χ1v) is 8.58. The third kappa shape index (κ3) is 3.25. The standard InChI is InChI=1S/C13H25N3OS/c1-18(17)13(8-5-9-13)10-15-12(14)16-11-6-3-2-4-7-11/h11H,2-10H2,1H3,(H3,14,15,16). The predicted molar refractivity (Wildman–Crippen MR) is 77.1 cm³/mol. The highest BCUT2D eigenvalue weighted by Gasteiger charge is 2.40. The summed E-state index contributed by atoms with van der Waals surface area (Å²) in [7, 11) is -0.796. The van der Waals surface area contributed by atoms with Crippen LogP contribution in [0.1, 0.15) is 51.4 Å². The van der Waals surface area contributed by atoms with Crippen LogP contribution >= 0.6 is 0 Å². The number of nitrogens with one attached hydrogen (secondary N) is 1. The van der Waals surface area contributed by atoms with E-state index in [1.54, 1.807) is 6.26 Å². The lowest BCUT2D eigenvalue weighted by atomic mass is 9.84. The van der Waals surface area contributed by atoms with Crippen LogP contribution in [0.3, 0.4) is 0 Å². The molecule has 104 valence electrons. The molecule has 2 saturated carbocycles. The molecule has 0 bridgehead atoms. The molecule has 0 spiro atoms. The maximum Gasteiger partial charge on any atom is 0.188 e. The number of hydrogen-bond donors (Lipinski definition) is 2. The first-order valence-electron chi connectivity index (χ1n) is 7.02. The van der Waals surface area contributed by atoms with Gasteiger partial charge in [0, 0.05) is 23.1 Å². The fraction of sp³-hybridized carbons (Fsp3) is 0.923. The van der Waals surface area contributed by atoms with E-state index in [1.165, 1.54) is 38.5 Å². The molecule has 18 heavy (non-hydrogen) atoms. The number of guanidine groups is 1. The van der Waals surface area contributed by atoms with Gasteiger partial charge in [0.25, 0.3) is 0 Å². The summed E-state index contributed by atoms with van der Waals surface area (Å²) in [5, 5.41) is 3.31. The molecule has 5 heteroatoms. The topological polar surface area (TPSA) is 67.5 Å². The zero-order valence-corrected chi connectivity index (χ0v) is 12.1. The lowest BCUT2D eigenvalue weighted by molar-refractivity contribution is 0.360. The molecule has 0 aliphatic heterocycles. The normalized spacial score (nSPS) is 26.4. The summed E-state index contributed by atoms with van der Waals surface area (Å²) in [6, 6.07) is 0.493. The zero-order chi connectivity index (χ0) is 13.0. The molecule has 0 amide bonds. The molecule has 2 rings (SSSR count). The highest BCUT2D eigenvalue weighted by atomic mass is 32.2. The molecule has 0 radical (unpaired) electrons. The fourth-order valence-electron chi connectivity index (χ4n) is 2.84. The highest BCUT2D eigenvalue weighted by Crippen LogP contribution is 2.37. The summed E-state index contributed by atoms with van der Waals surface area (Å²) in [4.78, 5) is 4.42. The summed E-state index contributed by atoms with van der Waals surface area (Å²) < 4.78 is 11.6. The maximum absolute atomic E-state index is 11.7. The molecule has 0 aromatic heterocycles. The Balaban J connectivity index is 1.82. The second kappa shape index (κ2) is 6.04. The number of rotatable bonds is 4. The Morgan fingerprint density at radius 3 is 2.50 bits per heavy atom. The van der Waals surface area contributed by atoms with Gasteiger partial charge in [-0.3, -0.25) is 9.20 Å². The van der Waals surface area contributed by atoms with Crippen LogP contribution < -0.4 is 11.1 Å². The Bertz CT molecular complexity index is 333. The summed E-state index contributed by atoms with van der Waals surface area (Å²) in [6.45, 7) is 0.613. The first-order chi connectivity index (χ1) is 8.62. The van der Waals surface area contributed by atoms with E-state index in [0.717, 1.165) is 12.8 Å². The predicted octanol–water partition coefficient (Wildman–Crippen LogP) is 1.52. The van der Waals surface area contributed by atoms with Crippen LogP contribution in [-0.2, 0) is 10.8 Å². The Kier molecular flexibility index (Phi) is 4.65. The van der Waals surface area contributed by atoms with Crippen molar-refractivity contribution in [1.29, 1.82) is 0 Å². The molecule has 4 nitrogen and oxygen atoms in total. The minimum atomic E-state index is -0.796. The molecule has 2 aliphatic carbocycles. The molecule has 1 unspecified atom stereocenters. The molecular formula is C13H25N3OS. The average Bonchev–Trinajstić information content (AvgIpc) is 2.28. The Labute approximate surface area is 112 Å². The van der Waals surface area contributed by atoms with Gasteiger partial charge in [0.2, 0.25) is 0 Å². The number of nitrogens with zero attached hydrogens (tertiary/aromatic N) is 1. The van der Waals surface area contributed by atoms with Gasteiger partial charge >= 0.3 is 0 Å². The quantitative estimate of drug-likeness (QED) is 0.602. The third-order valence-corrected chi connectivity index (χ3v) is 6.13. The van der Waals surface area contributed by atoms with Crippen LogP contribution in [0.4, 0.5) is 0 Å². The van der Waals surface area contributed by atoms with Crippen molar-refractivity contribution < 1.29 is 4.21 Å². The summed E-state index contributed by atoms with van der Waals surface area (Å²) >= 11 is 0. The molecule has 0 aromatic carbocycles. The monoisotopic (exact) mass is 271 g/mol. The van der Waals surface area contributed by atoms with Crippen molar-refractivity contribution in [2.45, 2.75) is 62.2 Å². The van der Waals surface area contributed by atoms with Crippen molar-refractivity contribution >= 4 is 16.8 Å². The highest BCUT2D eigenvalue weighted by molar-refractivity contribution is 7.85. The van der Waals surface area contributed by atoms with E-state index >= 15 is 0 Å². The van der Waals surface area contributed by atoms with Gasteiger partial charge in [-0.05, 0) is 25.7 Å². The lowest BCUT2D eigenvalue weighted by Crippen LogP contribution is -2.46. The first kappa shape index (κ1) is 13.8. The van der Waals surface area contributed by atoms with E-state index in [1.807, 2.05) is 0 Å². The second-order valence-corrected chi connectivity index (χ2v) is 7.45. The van der Waals surface area contributed by atoms with Gasteiger partial charge in [-0.2, -0.15) is 0 Å². The van der Waals surface area contributed by atoms with Gasteiger partial charge in [-0.1, -0.05) is 25.7 Å². The number of nitrogens with two attached hydrogens (primary N) is 1. The Morgan fingerprint density at radius 1 is 1.33 bits per heavy atom. The van der Waals surface area contributed by atoms with E-state index in [9.17, 15) is 4.21 Å². The van der Waals surface area contributed by atoms with E-state index in [2.05, 4.69) is 10.3 Å². The minimum Gasteiger partial charge on any atom is -0.370 e. The van der Waals surface area contributed by atoms with E-state index in [-0.39, 0.29) is 4.75 Å². The molecule has 3 N–H and O–H groups in total. The Morgan fingerprint density at radius 2 is 2.00 bits per heavy atom. The fourth-order valence-corrected chi connectivity index (χ4v) is 3.95. The number of aliphatic imine (C=N–C) groups is 1. The molecule has 0 heterocycles. The maximum atomic E-state index is 11.7. The molecule has 1 atom stereocenters. The van der Waals surface area contributed by atoms with E-state index < -0.39 is 10.8 Å². The molecular weight excluding hydrogens is 246 g/mol. The van der Waals surface area contributed by atoms with Gasteiger partial charge in [0.1, 0.15) is 0 Å². The van der Waals surface area contributed by atoms with Crippen LogP contribution in [-0.4, -0.2) is 33.8 Å². The SMILES string of the molecule is CS(=O)C1(CN=C(N)NC2CCCCC2)CCC1.